The third-order valence-electron chi connectivity index (χ3n) is 6.32. The Morgan fingerprint density at radius 1 is 1.29 bits per heavy atom. The highest BCUT2D eigenvalue weighted by molar-refractivity contribution is 5.95. The molecule has 0 saturated carbocycles. The molecule has 8 nitrogen and oxygen atoms in total. The van der Waals surface area contributed by atoms with E-state index in [0.29, 0.717) is 43.9 Å². The van der Waals surface area contributed by atoms with Crippen LogP contribution in [0.1, 0.15) is 34.2 Å². The summed E-state index contributed by atoms with van der Waals surface area (Å²) < 4.78 is 42.7. The Balaban J connectivity index is 1.52. The zero-order valence-electron chi connectivity index (χ0n) is 19.5. The van der Waals surface area contributed by atoms with Crippen LogP contribution in [0.2, 0.25) is 0 Å². The monoisotopic (exact) mass is 478 g/mol. The summed E-state index contributed by atoms with van der Waals surface area (Å²) in [7, 11) is 1.72. The summed E-state index contributed by atoms with van der Waals surface area (Å²) in [6, 6.07) is 1.76. The van der Waals surface area contributed by atoms with E-state index in [1.165, 1.54) is 24.8 Å². The molecule has 11 heteroatoms. The molecule has 3 heterocycles. The zero-order chi connectivity index (χ0) is 24.6. The number of halogens is 3. The van der Waals surface area contributed by atoms with Gasteiger partial charge in [-0.2, -0.15) is 5.10 Å². The highest BCUT2D eigenvalue weighted by atomic mass is 19.1. The van der Waals surface area contributed by atoms with Crippen LogP contribution in [0.5, 0.6) is 0 Å². The van der Waals surface area contributed by atoms with Gasteiger partial charge in [-0.05, 0) is 26.0 Å². The van der Waals surface area contributed by atoms with Crippen molar-refractivity contribution in [1.82, 2.24) is 24.9 Å². The molecule has 0 saturated heterocycles. The minimum atomic E-state index is -0.956. The number of carbonyl (C=O) groups excluding carboxylic acids is 2. The van der Waals surface area contributed by atoms with Gasteiger partial charge in [-0.1, -0.05) is 0 Å². The predicted molar refractivity (Wildman–Crippen MR) is 120 cm³/mol. The van der Waals surface area contributed by atoms with Crippen LogP contribution < -0.4 is 10.6 Å². The second kappa shape index (κ2) is 9.65. The van der Waals surface area contributed by atoms with E-state index in [0.717, 1.165) is 11.8 Å². The summed E-state index contributed by atoms with van der Waals surface area (Å²) in [6.07, 6.45) is -0.505. The number of carbonyl (C=O) groups is 2. The Bertz CT molecular complexity index is 1100. The van der Waals surface area contributed by atoms with Crippen LogP contribution in [0.4, 0.5) is 23.7 Å². The third-order valence-corrected chi connectivity index (χ3v) is 6.32. The molecule has 184 valence electrons. The van der Waals surface area contributed by atoms with Crippen molar-refractivity contribution >= 4 is 17.6 Å². The lowest BCUT2D eigenvalue weighted by atomic mass is 10.0. The first-order chi connectivity index (χ1) is 16.2. The number of amides is 3. The summed E-state index contributed by atoms with van der Waals surface area (Å²) in [4.78, 5) is 29.1. The third kappa shape index (κ3) is 4.75. The van der Waals surface area contributed by atoms with E-state index in [4.69, 9.17) is 0 Å². The van der Waals surface area contributed by atoms with Crippen molar-refractivity contribution in [2.45, 2.75) is 39.5 Å². The summed E-state index contributed by atoms with van der Waals surface area (Å²) >= 11 is 0. The fourth-order valence-corrected chi connectivity index (χ4v) is 4.49. The van der Waals surface area contributed by atoms with Crippen molar-refractivity contribution in [2.75, 3.05) is 38.5 Å². The summed E-state index contributed by atoms with van der Waals surface area (Å²) in [6.45, 7) is 5.08. The van der Waals surface area contributed by atoms with Crippen molar-refractivity contribution in [3.8, 4) is 0 Å². The Labute approximate surface area is 196 Å². The van der Waals surface area contributed by atoms with E-state index in [9.17, 15) is 22.8 Å². The van der Waals surface area contributed by atoms with E-state index in [-0.39, 0.29) is 36.2 Å². The molecule has 4 rings (SSSR count). The first kappa shape index (κ1) is 24.1. The van der Waals surface area contributed by atoms with Crippen molar-refractivity contribution in [3.63, 3.8) is 0 Å². The van der Waals surface area contributed by atoms with E-state index < -0.39 is 23.8 Å². The number of anilines is 1. The maximum absolute atomic E-state index is 14.4. The average Bonchev–Trinajstić information content (AvgIpc) is 3.09. The van der Waals surface area contributed by atoms with Gasteiger partial charge in [-0.15, -0.1) is 0 Å². The minimum Gasteiger partial charge on any atom is -0.340 e. The number of hydrogen-bond donors (Lipinski definition) is 2. The molecule has 0 spiro atoms. The lowest BCUT2D eigenvalue weighted by molar-refractivity contribution is 0.0778. The van der Waals surface area contributed by atoms with E-state index in [2.05, 4.69) is 15.7 Å². The normalized spacial score (nSPS) is 18.9. The zero-order valence-corrected chi connectivity index (χ0v) is 19.5. The maximum atomic E-state index is 14.4. The molecule has 1 aromatic heterocycles. The largest absolute Gasteiger partial charge is 0.340 e. The lowest BCUT2D eigenvalue weighted by Gasteiger charge is -2.27. The molecule has 2 N–H and O–H groups in total. The lowest BCUT2D eigenvalue weighted by Crippen LogP contribution is -2.40. The van der Waals surface area contributed by atoms with E-state index in [1.54, 1.807) is 16.6 Å². The topological polar surface area (TPSA) is 82.5 Å². The molecule has 0 bridgehead atoms. The number of benzene rings is 1. The van der Waals surface area contributed by atoms with Gasteiger partial charge in [-0.3, -0.25) is 9.48 Å². The van der Waals surface area contributed by atoms with Crippen LogP contribution in [0.15, 0.2) is 12.1 Å². The van der Waals surface area contributed by atoms with Gasteiger partial charge in [0, 0.05) is 63.2 Å². The van der Waals surface area contributed by atoms with Crippen molar-refractivity contribution in [2.24, 2.45) is 5.92 Å². The predicted octanol–water partition coefficient (Wildman–Crippen LogP) is 2.71. The number of alkyl halides is 1. The first-order valence-electron chi connectivity index (χ1n) is 11.3. The van der Waals surface area contributed by atoms with E-state index >= 15 is 0 Å². The first-order valence-corrected chi connectivity index (χ1v) is 11.3. The molecule has 1 aromatic carbocycles. The molecular formula is C23H29F3N6O2. The summed E-state index contributed by atoms with van der Waals surface area (Å²) in [5, 5.41) is 10.3. The van der Waals surface area contributed by atoms with Crippen molar-refractivity contribution < 1.29 is 22.8 Å². The van der Waals surface area contributed by atoms with Gasteiger partial charge < -0.3 is 20.4 Å². The molecule has 0 radical (unpaired) electrons. The van der Waals surface area contributed by atoms with Gasteiger partial charge in [0.05, 0.1) is 17.9 Å². The molecule has 0 aliphatic carbocycles. The highest BCUT2D eigenvalue weighted by Crippen LogP contribution is 2.27. The Morgan fingerprint density at radius 2 is 2.06 bits per heavy atom. The molecular weight excluding hydrogens is 449 g/mol. The minimum absolute atomic E-state index is 0.0550. The molecule has 3 amide bonds. The Kier molecular flexibility index (Phi) is 6.83. The van der Waals surface area contributed by atoms with Crippen LogP contribution in [0.3, 0.4) is 0 Å². The van der Waals surface area contributed by atoms with Crippen LogP contribution in [0.25, 0.3) is 0 Å². The van der Waals surface area contributed by atoms with Crippen molar-refractivity contribution in [1.29, 1.82) is 0 Å². The molecule has 2 atom stereocenters. The molecule has 34 heavy (non-hydrogen) atoms. The molecule has 2 aliphatic rings. The maximum Gasteiger partial charge on any atom is 0.322 e. The second-order valence-corrected chi connectivity index (χ2v) is 9.08. The number of nitrogens with one attached hydrogen (secondary N) is 2. The number of urea groups is 1. The van der Waals surface area contributed by atoms with Gasteiger partial charge in [0.15, 0.2) is 5.82 Å². The standard InChI is InChI=1S/C23H29F3N6O2/c1-13(24)8-27-9-15-10-30(3)22(33)21-16-12-31(7-6-18(16)29-32(21)11-15)23(34)28-19-5-4-17(25)14(2)20(19)26/h4-5,13,15,27H,6-12H2,1-3H3,(H,28,34)/t13?,15-/m0/s1. The van der Waals surface area contributed by atoms with Gasteiger partial charge in [-0.25, -0.2) is 18.0 Å². The molecule has 1 unspecified atom stereocenters. The number of nitrogens with zero attached hydrogens (tertiary/aromatic N) is 4. The summed E-state index contributed by atoms with van der Waals surface area (Å²) in [5.41, 5.74) is 1.62. The van der Waals surface area contributed by atoms with Crippen LogP contribution in [0, 0.1) is 24.5 Å². The summed E-state index contributed by atoms with van der Waals surface area (Å²) in [5.74, 6) is -1.63. The quantitative estimate of drug-likeness (QED) is 0.693. The number of fused-ring (bicyclic) bond motifs is 3. The molecule has 2 aromatic rings. The van der Waals surface area contributed by atoms with Crippen LogP contribution >= 0.6 is 0 Å². The smallest absolute Gasteiger partial charge is 0.322 e. The number of hydrogen-bond acceptors (Lipinski definition) is 4. The second-order valence-electron chi connectivity index (χ2n) is 9.08. The van der Waals surface area contributed by atoms with Gasteiger partial charge in [0.25, 0.3) is 5.91 Å². The van der Waals surface area contributed by atoms with E-state index in [1.807, 2.05) is 0 Å². The Morgan fingerprint density at radius 3 is 2.79 bits per heavy atom. The number of aromatic nitrogens is 2. The highest BCUT2D eigenvalue weighted by Gasteiger charge is 2.34. The molecule has 0 fully saturated rings. The van der Waals surface area contributed by atoms with Gasteiger partial charge >= 0.3 is 6.03 Å². The SMILES string of the molecule is Cc1c(F)ccc(NC(=O)N2CCc3nn4c(c3C2)C(=O)N(C)C[C@H](CNCC(C)F)C4)c1F. The number of rotatable bonds is 5. The average molecular weight is 479 g/mol. The van der Waals surface area contributed by atoms with Gasteiger partial charge in [0.2, 0.25) is 0 Å². The van der Waals surface area contributed by atoms with Crippen LogP contribution in [-0.2, 0) is 19.5 Å². The van der Waals surface area contributed by atoms with Crippen LogP contribution in [-0.4, -0.2) is 70.9 Å². The fraction of sp³-hybridized carbons (Fsp3) is 0.522. The molecule has 2 aliphatic heterocycles. The fourth-order valence-electron chi connectivity index (χ4n) is 4.49. The van der Waals surface area contributed by atoms with Crippen molar-refractivity contribution in [3.05, 3.63) is 46.3 Å². The van der Waals surface area contributed by atoms with Gasteiger partial charge in [0.1, 0.15) is 17.7 Å². The Hall–Kier alpha value is -3.08.